The van der Waals surface area contributed by atoms with Crippen molar-refractivity contribution in [3.63, 3.8) is 0 Å². The van der Waals surface area contributed by atoms with E-state index in [-0.39, 0.29) is 261 Å². The third-order valence-corrected chi connectivity index (χ3v) is 21.6. The SMILES string of the molecule is CC.CC.CC.CC.CC.CC.CC.CC.CC.CC.CC.CC.CC(C)(C)c1[c-]c(-c2[c-]ccc(C(C)(C)C)c2)ccc1.CC(C)(C)c1[c-]c(-c2[c-]cccc2C(C)(C)C)ccc1.CC(C)(C)c1c[c-]c(-c2[c-]ccc(C(C)(C)C)c2)cc1.CC(C)(C)c1c[c-]c(-c2[c-]cccc2C(C)(C)C)cc1.CC(C)(C)c1cc[c-]c(-c2[c-]ccc(C(C)(C)C)c2)c1.CC(C)(C)c1cc[c-]c(-c2[c-]cccc2C(C)(C)C)c1.[Y].[Y].[Y].[Y].[Y].[Y]. The summed E-state index contributed by atoms with van der Waals surface area (Å²) in [5.74, 6) is 0. The predicted molar refractivity (Wildman–Crippen MR) is 658 cm³/mol. The molecular formula is C144H216Y6-12. The van der Waals surface area contributed by atoms with Crippen LogP contribution in [-0.4, -0.2) is 0 Å². The minimum Gasteiger partial charge on any atom is -0.226 e. The van der Waals surface area contributed by atoms with E-state index in [1.165, 1.54) is 83.5 Å². The molecule has 12 aromatic carbocycles. The molecule has 0 bridgehead atoms. The molecular weight excluding hydrogens is 2260 g/mol. The van der Waals surface area contributed by atoms with Gasteiger partial charge in [-0.3, -0.25) is 0 Å². The van der Waals surface area contributed by atoms with Gasteiger partial charge in [0.25, 0.3) is 0 Å². The maximum Gasteiger partial charge on any atom is 0 e. The van der Waals surface area contributed by atoms with Crippen molar-refractivity contribution in [1.29, 1.82) is 0 Å². The number of benzene rings is 12. The molecule has 6 radical (unpaired) electrons. The van der Waals surface area contributed by atoms with Crippen molar-refractivity contribution in [2.75, 3.05) is 0 Å². The van der Waals surface area contributed by atoms with Gasteiger partial charge in [0, 0.05) is 196 Å². The predicted octanol–water partition coefficient (Wildman–Crippen LogP) is 45.6. The number of hydrogen-bond acceptors (Lipinski definition) is 0. The fraction of sp³-hybridized carbons (Fsp3) is 0.500. The van der Waals surface area contributed by atoms with Crippen molar-refractivity contribution in [1.82, 2.24) is 0 Å². The van der Waals surface area contributed by atoms with Gasteiger partial charge in [0.2, 0.25) is 0 Å². The van der Waals surface area contributed by atoms with Crippen LogP contribution < -0.4 is 0 Å². The van der Waals surface area contributed by atoms with Crippen LogP contribution in [0.1, 0.15) is 482 Å². The molecule has 0 aliphatic carbocycles. The van der Waals surface area contributed by atoms with Crippen LogP contribution in [0.5, 0.6) is 0 Å². The molecule has 0 atom stereocenters. The largest absolute Gasteiger partial charge is 0.226 e. The fourth-order valence-corrected chi connectivity index (χ4v) is 13.5. The van der Waals surface area contributed by atoms with Crippen LogP contribution in [0.3, 0.4) is 0 Å². The van der Waals surface area contributed by atoms with Gasteiger partial charge in [-0.2, -0.15) is 247 Å². The molecule has 0 aromatic heterocycles. The van der Waals surface area contributed by atoms with Crippen LogP contribution in [0.25, 0.3) is 66.8 Å². The van der Waals surface area contributed by atoms with Crippen LogP contribution >= 0.6 is 0 Å². The minimum atomic E-state index is 0. The minimum absolute atomic E-state index is 0. The Morgan fingerprint density at radius 2 is 0.340 bits per heavy atom. The van der Waals surface area contributed by atoms with Crippen LogP contribution in [-0.2, 0) is 261 Å². The first-order valence-corrected chi connectivity index (χ1v) is 55.4. The Kier molecular flexibility index (Phi) is 98.9. The zero-order valence-corrected chi connectivity index (χ0v) is 125. The maximum absolute atomic E-state index is 3.58. The van der Waals surface area contributed by atoms with Gasteiger partial charge in [-0.1, -0.05) is 432 Å². The van der Waals surface area contributed by atoms with Crippen molar-refractivity contribution in [3.05, 3.63) is 358 Å². The Labute approximate surface area is 1090 Å². The molecule has 12 rings (SSSR count). The Balaban J connectivity index is -0.000000145. The first-order valence-electron chi connectivity index (χ1n) is 55.4. The van der Waals surface area contributed by atoms with Gasteiger partial charge in [0.15, 0.2) is 0 Å². The van der Waals surface area contributed by atoms with Gasteiger partial charge in [0.05, 0.1) is 0 Å². The van der Waals surface area contributed by atoms with E-state index in [4.69, 9.17) is 0 Å². The van der Waals surface area contributed by atoms with Crippen molar-refractivity contribution in [2.45, 2.75) is 480 Å². The molecule has 0 amide bonds. The Morgan fingerprint density at radius 1 is 0.140 bits per heavy atom. The monoisotopic (exact) mass is 2480 g/mol. The Morgan fingerprint density at radius 3 is 0.567 bits per heavy atom. The normalized spacial score (nSPS) is 10.5. The summed E-state index contributed by atoms with van der Waals surface area (Å²) in [5.41, 5.74) is 31.1. The van der Waals surface area contributed by atoms with E-state index in [9.17, 15) is 0 Å². The molecule has 0 aliphatic heterocycles. The molecule has 0 aliphatic rings. The summed E-state index contributed by atoms with van der Waals surface area (Å²) in [6, 6.07) is 117. The fourth-order valence-electron chi connectivity index (χ4n) is 13.5. The van der Waals surface area contributed by atoms with Gasteiger partial charge in [0.1, 0.15) is 0 Å². The third-order valence-electron chi connectivity index (χ3n) is 21.6. The molecule has 6 heteroatoms. The summed E-state index contributed by atoms with van der Waals surface area (Å²) < 4.78 is 0. The summed E-state index contributed by atoms with van der Waals surface area (Å²) in [5, 5.41) is 0. The van der Waals surface area contributed by atoms with E-state index < -0.39 is 0 Å². The zero-order valence-electron chi connectivity index (χ0n) is 108. The molecule has 0 heterocycles. The molecule has 0 N–H and O–H groups in total. The quantitative estimate of drug-likeness (QED) is 0.146. The molecule has 0 unspecified atom stereocenters. The van der Waals surface area contributed by atoms with E-state index in [0.29, 0.717) is 0 Å². The first kappa shape index (κ1) is 172. The van der Waals surface area contributed by atoms with E-state index in [1.807, 2.05) is 215 Å². The number of hydrogen-bond donors (Lipinski definition) is 0. The summed E-state index contributed by atoms with van der Waals surface area (Å²) in [7, 11) is 0. The molecule has 0 saturated carbocycles. The van der Waals surface area contributed by atoms with Crippen LogP contribution in [0, 0.1) is 72.8 Å². The second-order valence-corrected chi connectivity index (χ2v) is 44.8. The first-order chi connectivity index (χ1) is 67.1. The average Bonchev–Trinajstić information content (AvgIpc) is 0.794. The Hall–Kier alpha value is -2.74. The summed E-state index contributed by atoms with van der Waals surface area (Å²) >= 11 is 0. The Bertz CT molecular complexity index is 4940. The van der Waals surface area contributed by atoms with Crippen LogP contribution in [0.2, 0.25) is 0 Å². The topological polar surface area (TPSA) is 0 Å². The van der Waals surface area contributed by atoms with E-state index >= 15 is 0 Å². The van der Waals surface area contributed by atoms with E-state index in [0.717, 1.165) is 50.1 Å². The number of rotatable bonds is 6. The third kappa shape index (κ3) is 64.6. The zero-order chi connectivity index (χ0) is 114. The molecule has 822 valence electrons. The second-order valence-electron chi connectivity index (χ2n) is 44.8. The van der Waals surface area contributed by atoms with Gasteiger partial charge < -0.3 is 0 Å². The van der Waals surface area contributed by atoms with Gasteiger partial charge >= 0.3 is 0 Å². The van der Waals surface area contributed by atoms with E-state index in [2.05, 4.69) is 492 Å². The smallest absolute Gasteiger partial charge is 0 e. The van der Waals surface area contributed by atoms with Gasteiger partial charge in [-0.15, -0.1) is 111 Å². The van der Waals surface area contributed by atoms with E-state index in [1.54, 1.807) is 0 Å². The molecule has 150 heavy (non-hydrogen) atoms. The summed E-state index contributed by atoms with van der Waals surface area (Å²) in [4.78, 5) is 0. The van der Waals surface area contributed by atoms with Crippen molar-refractivity contribution in [3.8, 4) is 66.8 Å². The molecule has 0 spiro atoms. The van der Waals surface area contributed by atoms with Gasteiger partial charge in [-0.05, 0) is 48.7 Å². The molecule has 0 saturated heterocycles. The molecule has 12 aromatic rings. The van der Waals surface area contributed by atoms with Crippen molar-refractivity contribution >= 4 is 0 Å². The molecule has 0 nitrogen and oxygen atoms in total. The summed E-state index contributed by atoms with van der Waals surface area (Å²) in [6.45, 7) is 128. The van der Waals surface area contributed by atoms with Crippen molar-refractivity contribution in [2.24, 2.45) is 0 Å². The van der Waals surface area contributed by atoms with Crippen molar-refractivity contribution < 1.29 is 196 Å². The average molecular weight is 2480 g/mol. The molecule has 0 fully saturated rings. The second kappa shape index (κ2) is 86.2. The maximum atomic E-state index is 3.58. The standard InChI is InChI=1S/6C20H24.12C2H6.6Y/c2*1-19(2,3)17-11-7-9-15(13-17)16-10-8-12-18(14-16)20(4,5)6;2*1-19(2,3)16-11-9-10-15(14-16)17-12-7-8-13-18(17)20(4,5)6;1-19(2,3)17-12-10-15(11-13-17)16-8-7-9-18(14-16)20(4,5)6;1-19(2,3)16-13-11-15(12-14-16)17-9-7-8-10-18(17)20(4,5)6;12*1-2;;;;;;/h7-8,11-14H,1-6H3;7-9,11-12,14H,1-6H3;7-9,11,13-14H,1-6H3;7-11,13H,1-6H3;7,9-10,12-14H,1-6H3;7-8,10-11,13-14H,1-6H3;12*1-2H3;;;;;;/q6*-2;;;;;;;;;;;;;;;;;;. The summed E-state index contributed by atoms with van der Waals surface area (Å²) in [6.07, 6.45) is 0. The van der Waals surface area contributed by atoms with Crippen LogP contribution in [0.4, 0.5) is 0 Å². The van der Waals surface area contributed by atoms with Gasteiger partial charge in [-0.25, -0.2) is 66.8 Å². The van der Waals surface area contributed by atoms with Crippen LogP contribution in [0.15, 0.2) is 218 Å².